The monoisotopic (exact) mass is 482 g/mol. The summed E-state index contributed by atoms with van der Waals surface area (Å²) in [6.45, 7) is 18.7. The van der Waals surface area contributed by atoms with Crippen LogP contribution in [0.4, 0.5) is 0 Å². The number of esters is 1. The molecular formula is C30H46O3Si. The average molecular weight is 483 g/mol. The molecule has 0 radical (unpaired) electrons. The first-order valence-corrected chi connectivity index (χ1v) is 16.5. The fraction of sp³-hybridized carbons (Fsp3) is 0.700. The molecule has 1 aromatic rings. The Bertz CT molecular complexity index is 970. The second-order valence-electron chi connectivity index (χ2n) is 12.7. The fourth-order valence-corrected chi connectivity index (χ4v) is 7.90. The van der Waals surface area contributed by atoms with Crippen molar-refractivity contribution < 1.29 is 14.0 Å². The largest absolute Gasteiger partial charge is 0.543 e. The summed E-state index contributed by atoms with van der Waals surface area (Å²) in [7, 11) is -1.87. The minimum Gasteiger partial charge on any atom is -0.543 e. The predicted octanol–water partition coefficient (Wildman–Crippen LogP) is 7.98. The van der Waals surface area contributed by atoms with Crippen LogP contribution in [-0.2, 0) is 22.4 Å². The number of fused-ring (bicyclic) bond motifs is 5. The Hall–Kier alpha value is -1.55. The first kappa shape index (κ1) is 25.5. The molecule has 4 heteroatoms. The number of allylic oxidation sites excluding steroid dienone is 1. The van der Waals surface area contributed by atoms with Crippen molar-refractivity contribution in [2.75, 3.05) is 6.61 Å². The Morgan fingerprint density at radius 3 is 2.53 bits per heavy atom. The van der Waals surface area contributed by atoms with E-state index in [1.165, 1.54) is 42.4 Å². The molecule has 0 aromatic heterocycles. The van der Waals surface area contributed by atoms with Crippen molar-refractivity contribution in [2.24, 2.45) is 17.3 Å². The predicted molar refractivity (Wildman–Crippen MR) is 143 cm³/mol. The molecule has 188 valence electrons. The molecule has 3 aliphatic carbocycles. The van der Waals surface area contributed by atoms with E-state index in [0.29, 0.717) is 18.4 Å². The molecule has 3 unspecified atom stereocenters. The van der Waals surface area contributed by atoms with Crippen LogP contribution in [0.3, 0.4) is 0 Å². The third-order valence-corrected chi connectivity index (χ3v) is 14.2. The number of benzene rings is 1. The van der Waals surface area contributed by atoms with Gasteiger partial charge in [-0.15, -0.1) is 0 Å². The highest BCUT2D eigenvalue weighted by Gasteiger charge is 2.52. The topological polar surface area (TPSA) is 35.5 Å². The summed E-state index contributed by atoms with van der Waals surface area (Å²) in [6, 6.07) is 4.93. The molecule has 0 amide bonds. The van der Waals surface area contributed by atoms with Crippen molar-refractivity contribution in [3.05, 3.63) is 40.5 Å². The summed E-state index contributed by atoms with van der Waals surface area (Å²) in [5, 5.41) is 0.198. The zero-order valence-corrected chi connectivity index (χ0v) is 23.8. The zero-order valence-electron chi connectivity index (χ0n) is 22.8. The molecule has 3 aliphatic rings. The highest BCUT2D eigenvalue weighted by atomic mass is 28.4. The summed E-state index contributed by atoms with van der Waals surface area (Å²) in [4.78, 5) is 12.2. The van der Waals surface area contributed by atoms with Gasteiger partial charge in [0.2, 0.25) is 8.32 Å². The van der Waals surface area contributed by atoms with E-state index in [4.69, 9.17) is 9.16 Å². The fourth-order valence-electron chi connectivity index (χ4n) is 6.86. The average Bonchev–Trinajstić information content (AvgIpc) is 3.08. The van der Waals surface area contributed by atoms with Crippen LogP contribution in [0.15, 0.2) is 23.8 Å². The van der Waals surface area contributed by atoms with Gasteiger partial charge >= 0.3 is 5.97 Å². The maximum atomic E-state index is 12.2. The van der Waals surface area contributed by atoms with Gasteiger partial charge in [0.25, 0.3) is 0 Å². The molecule has 2 saturated carbocycles. The minimum atomic E-state index is -1.87. The molecule has 3 nitrogen and oxygen atoms in total. The normalized spacial score (nSPS) is 29.9. The maximum Gasteiger partial charge on any atom is 0.330 e. The van der Waals surface area contributed by atoms with E-state index in [0.717, 1.165) is 30.9 Å². The molecule has 2 fully saturated rings. The molecule has 34 heavy (non-hydrogen) atoms. The van der Waals surface area contributed by atoms with Crippen LogP contribution in [0.1, 0.15) is 96.3 Å². The number of hydrogen-bond acceptors (Lipinski definition) is 3. The van der Waals surface area contributed by atoms with E-state index in [1.54, 1.807) is 5.56 Å². The molecular weight excluding hydrogens is 436 g/mol. The number of carbonyl (C=O) groups is 1. The maximum absolute atomic E-state index is 12.2. The summed E-state index contributed by atoms with van der Waals surface area (Å²) >= 11 is 0. The lowest BCUT2D eigenvalue weighted by molar-refractivity contribution is -0.137. The molecule has 0 N–H and O–H groups in total. The number of carbonyl (C=O) groups excluding carboxylic acids is 1. The minimum absolute atomic E-state index is 0.155. The van der Waals surface area contributed by atoms with Crippen LogP contribution in [0.25, 0.3) is 0 Å². The quantitative estimate of drug-likeness (QED) is 0.242. The third kappa shape index (κ3) is 4.40. The smallest absolute Gasteiger partial charge is 0.330 e. The van der Waals surface area contributed by atoms with Crippen molar-refractivity contribution in [1.82, 2.24) is 0 Å². The first-order chi connectivity index (χ1) is 15.9. The summed E-state index contributed by atoms with van der Waals surface area (Å²) in [6.07, 6.45) is 9.92. The van der Waals surface area contributed by atoms with Crippen LogP contribution >= 0.6 is 0 Å². The van der Waals surface area contributed by atoms with Gasteiger partial charge in [0.15, 0.2) is 0 Å². The second-order valence-corrected chi connectivity index (χ2v) is 17.4. The molecule has 4 rings (SSSR count). The van der Waals surface area contributed by atoms with Crippen molar-refractivity contribution in [3.8, 4) is 5.75 Å². The summed E-state index contributed by atoms with van der Waals surface area (Å²) < 4.78 is 12.1. The van der Waals surface area contributed by atoms with Gasteiger partial charge in [0.05, 0.1) is 6.61 Å². The SMILES string of the molecule is CCOC(=O)C=C1CCC2C3CCc4cc(O[Si](C)(C)C(C)(C)C)c(CC)cc4C3CC[C@]12C. The Morgan fingerprint density at radius 2 is 1.88 bits per heavy atom. The molecule has 4 atom stereocenters. The van der Waals surface area contributed by atoms with Gasteiger partial charge in [-0.05, 0) is 116 Å². The van der Waals surface area contributed by atoms with Gasteiger partial charge in [-0.2, -0.15) is 0 Å². The number of rotatable bonds is 5. The van der Waals surface area contributed by atoms with E-state index in [2.05, 4.69) is 59.8 Å². The zero-order chi connectivity index (χ0) is 24.9. The van der Waals surface area contributed by atoms with E-state index < -0.39 is 8.32 Å². The van der Waals surface area contributed by atoms with Crippen LogP contribution in [0.2, 0.25) is 18.1 Å². The Labute approximate surface area is 208 Å². The standard InChI is InChI=1S/C30H46O3Si/c1-9-20-17-25-21(18-27(20)33-34(7,8)29(3,4)5)11-13-24-23(25)15-16-30(6)22(12-14-26(24)30)19-28(31)32-10-2/h17-19,23-24,26H,9-16H2,1-8H3/t23?,24?,26?,30-/m1/s1. The van der Waals surface area contributed by atoms with Gasteiger partial charge in [0, 0.05) is 6.08 Å². The lowest BCUT2D eigenvalue weighted by atomic mass is 9.55. The number of hydrogen-bond donors (Lipinski definition) is 0. The van der Waals surface area contributed by atoms with E-state index >= 15 is 0 Å². The van der Waals surface area contributed by atoms with Crippen LogP contribution in [-0.4, -0.2) is 20.9 Å². The van der Waals surface area contributed by atoms with Crippen LogP contribution < -0.4 is 4.43 Å². The Morgan fingerprint density at radius 1 is 1.15 bits per heavy atom. The highest BCUT2D eigenvalue weighted by Crippen LogP contribution is 2.63. The lowest BCUT2D eigenvalue weighted by Gasteiger charge is -2.50. The number of ether oxygens (including phenoxy) is 1. The van der Waals surface area contributed by atoms with Crippen LogP contribution in [0, 0.1) is 17.3 Å². The van der Waals surface area contributed by atoms with Crippen LogP contribution in [0.5, 0.6) is 5.75 Å². The third-order valence-electron chi connectivity index (χ3n) is 9.88. The van der Waals surface area contributed by atoms with Crippen molar-refractivity contribution in [2.45, 2.75) is 111 Å². The van der Waals surface area contributed by atoms with Crippen molar-refractivity contribution >= 4 is 14.3 Å². The first-order valence-electron chi connectivity index (χ1n) is 13.6. The summed E-state index contributed by atoms with van der Waals surface area (Å²) in [5.41, 5.74) is 6.00. The Kier molecular flexibility index (Phi) is 6.87. The lowest BCUT2D eigenvalue weighted by Crippen LogP contribution is -2.44. The van der Waals surface area contributed by atoms with Crippen molar-refractivity contribution in [1.29, 1.82) is 0 Å². The highest BCUT2D eigenvalue weighted by molar-refractivity contribution is 6.74. The molecule has 0 spiro atoms. The molecule has 0 aliphatic heterocycles. The molecule has 0 bridgehead atoms. The Balaban J connectivity index is 1.62. The van der Waals surface area contributed by atoms with Gasteiger partial charge in [-0.3, -0.25) is 0 Å². The molecule has 0 saturated heterocycles. The summed E-state index contributed by atoms with van der Waals surface area (Å²) in [5.74, 6) is 3.03. The van der Waals surface area contributed by atoms with Gasteiger partial charge in [-0.1, -0.05) is 46.3 Å². The molecule has 1 aromatic carbocycles. The second kappa shape index (κ2) is 9.15. The van der Waals surface area contributed by atoms with Gasteiger partial charge in [-0.25, -0.2) is 4.79 Å². The van der Waals surface area contributed by atoms with Gasteiger partial charge < -0.3 is 9.16 Å². The van der Waals surface area contributed by atoms with E-state index in [9.17, 15) is 4.79 Å². The van der Waals surface area contributed by atoms with E-state index in [1.807, 2.05) is 13.0 Å². The number of aryl methyl sites for hydroxylation is 2. The van der Waals surface area contributed by atoms with E-state index in [-0.39, 0.29) is 16.4 Å². The molecule has 0 heterocycles. The van der Waals surface area contributed by atoms with Gasteiger partial charge in [0.1, 0.15) is 5.75 Å². The van der Waals surface area contributed by atoms with Crippen molar-refractivity contribution in [3.63, 3.8) is 0 Å².